The highest BCUT2D eigenvalue weighted by Crippen LogP contribution is 2.36. The fraction of sp³-hybridized carbons (Fsp3) is 0.407. The Kier molecular flexibility index (Phi) is 5.80. The van der Waals surface area contributed by atoms with Crippen molar-refractivity contribution in [3.8, 4) is 6.07 Å². The largest absolute Gasteiger partial charge is 0.369 e. The normalized spacial score (nSPS) is 18.8. The Morgan fingerprint density at radius 1 is 1.24 bits per heavy atom. The van der Waals surface area contributed by atoms with Gasteiger partial charge in [0.15, 0.2) is 5.82 Å². The number of fused-ring (bicyclic) bond motifs is 4. The zero-order chi connectivity index (χ0) is 25.7. The van der Waals surface area contributed by atoms with Gasteiger partial charge in [-0.1, -0.05) is 19.1 Å². The van der Waals surface area contributed by atoms with Gasteiger partial charge in [-0.3, -0.25) is 14.4 Å². The number of hydrogen-bond acceptors (Lipinski definition) is 6. The fourth-order valence-electron chi connectivity index (χ4n) is 5.99. The number of primary amides is 1. The Balaban J connectivity index is 1.32. The molecular weight excluding hydrogens is 471 g/mol. The fourth-order valence-corrected chi connectivity index (χ4v) is 5.99. The molecule has 37 heavy (non-hydrogen) atoms. The van der Waals surface area contributed by atoms with E-state index in [4.69, 9.17) is 10.8 Å². The lowest BCUT2D eigenvalue weighted by molar-refractivity contribution is -0.119. The van der Waals surface area contributed by atoms with Crippen LogP contribution < -0.4 is 10.6 Å². The highest BCUT2D eigenvalue weighted by atomic mass is 19.1. The van der Waals surface area contributed by atoms with Gasteiger partial charge in [0.1, 0.15) is 17.3 Å². The van der Waals surface area contributed by atoms with Crippen molar-refractivity contribution in [3.05, 3.63) is 59.3 Å². The number of aromatic nitrogens is 4. The Labute approximate surface area is 213 Å². The summed E-state index contributed by atoms with van der Waals surface area (Å²) in [5, 5.41) is 19.7. The van der Waals surface area contributed by atoms with Crippen molar-refractivity contribution in [3.63, 3.8) is 0 Å². The summed E-state index contributed by atoms with van der Waals surface area (Å²) in [4.78, 5) is 15.6. The molecule has 0 spiro atoms. The molecule has 2 aliphatic rings. The van der Waals surface area contributed by atoms with Gasteiger partial charge in [0.05, 0.1) is 42.2 Å². The Bertz CT molecular complexity index is 1540. The number of nitrogens with zero attached hydrogens (tertiary/aromatic N) is 7. The van der Waals surface area contributed by atoms with Crippen LogP contribution in [0.5, 0.6) is 0 Å². The number of carbonyl (C=O) groups excluding carboxylic acids is 1. The maximum atomic E-state index is 14.8. The summed E-state index contributed by atoms with van der Waals surface area (Å²) in [7, 11) is 0. The molecule has 1 amide bonds. The van der Waals surface area contributed by atoms with Crippen LogP contribution in [0.15, 0.2) is 36.5 Å². The minimum Gasteiger partial charge on any atom is -0.369 e. The van der Waals surface area contributed by atoms with Gasteiger partial charge >= 0.3 is 0 Å². The van der Waals surface area contributed by atoms with E-state index >= 15 is 0 Å². The first kappa shape index (κ1) is 23.4. The van der Waals surface area contributed by atoms with E-state index in [2.05, 4.69) is 50.8 Å². The molecular formula is C27H29FN8O. The van der Waals surface area contributed by atoms with Gasteiger partial charge in [-0.05, 0) is 62.0 Å². The lowest BCUT2D eigenvalue weighted by Gasteiger charge is -2.35. The summed E-state index contributed by atoms with van der Waals surface area (Å²) in [6, 6.07) is 12.3. The summed E-state index contributed by atoms with van der Waals surface area (Å²) in [6.07, 6.45) is 4.03. The number of benzene rings is 1. The number of hydrogen-bond donors (Lipinski definition) is 1. The molecule has 9 nitrogen and oxygen atoms in total. The van der Waals surface area contributed by atoms with Crippen LogP contribution >= 0.6 is 0 Å². The number of piperidine rings is 1. The number of pyridine rings is 1. The van der Waals surface area contributed by atoms with Gasteiger partial charge in [-0.25, -0.2) is 8.91 Å². The van der Waals surface area contributed by atoms with Gasteiger partial charge < -0.3 is 10.6 Å². The van der Waals surface area contributed by atoms with Crippen molar-refractivity contribution in [2.24, 2.45) is 5.73 Å². The second-order valence-corrected chi connectivity index (χ2v) is 10.1. The lowest BCUT2D eigenvalue weighted by Crippen LogP contribution is -2.39. The molecule has 10 heteroatoms. The third kappa shape index (κ3) is 4.00. The highest BCUT2D eigenvalue weighted by molar-refractivity contribution is 5.84. The molecule has 6 rings (SSSR count). The van der Waals surface area contributed by atoms with E-state index < -0.39 is 5.82 Å². The van der Waals surface area contributed by atoms with Crippen LogP contribution in [-0.4, -0.2) is 56.4 Å². The summed E-state index contributed by atoms with van der Waals surface area (Å²) < 4.78 is 18.3. The van der Waals surface area contributed by atoms with Crippen LogP contribution in [0.3, 0.4) is 0 Å². The number of anilines is 1. The van der Waals surface area contributed by atoms with Gasteiger partial charge in [0.2, 0.25) is 5.91 Å². The van der Waals surface area contributed by atoms with E-state index in [1.165, 1.54) is 16.3 Å². The van der Waals surface area contributed by atoms with Crippen molar-refractivity contribution in [1.82, 2.24) is 24.3 Å². The number of carbonyl (C=O) groups is 1. The van der Waals surface area contributed by atoms with Crippen LogP contribution in [0.4, 0.5) is 10.1 Å². The van der Waals surface area contributed by atoms with Gasteiger partial charge in [-0.2, -0.15) is 15.5 Å². The van der Waals surface area contributed by atoms with Crippen LogP contribution in [0.25, 0.3) is 16.4 Å². The van der Waals surface area contributed by atoms with Gasteiger partial charge in [0.25, 0.3) is 0 Å². The second-order valence-electron chi connectivity index (χ2n) is 10.1. The minimum absolute atomic E-state index is 0.137. The van der Waals surface area contributed by atoms with E-state index in [-0.39, 0.29) is 11.9 Å². The smallest absolute Gasteiger partial charge is 0.231 e. The van der Waals surface area contributed by atoms with Crippen molar-refractivity contribution in [1.29, 1.82) is 5.26 Å². The molecule has 2 N–H and O–H groups in total. The number of likely N-dealkylation sites (tertiary alicyclic amines) is 1. The van der Waals surface area contributed by atoms with E-state index in [1.807, 2.05) is 6.07 Å². The molecule has 0 radical (unpaired) electrons. The van der Waals surface area contributed by atoms with Crippen LogP contribution in [0.1, 0.15) is 55.1 Å². The standard InChI is InChI=1S/C27H29FN8O/c1-2-19-14-34(24-6-4-20(12-29)36-27(24)22(28)13-31-36)15-25-21-5-3-18(11-23(21)32-35(19)25)17-7-9-33(10-8-17)16-26(30)37/h3-6,11,13,17,19H,2,7-10,14-16H2,1H3,(H2,30,37)/t19-/m0/s1. The van der Waals surface area contributed by atoms with Crippen molar-refractivity contribution < 1.29 is 9.18 Å². The predicted molar refractivity (Wildman–Crippen MR) is 138 cm³/mol. The number of rotatable bonds is 5. The molecule has 2 aliphatic heterocycles. The third-order valence-corrected chi connectivity index (χ3v) is 7.90. The molecule has 1 fully saturated rings. The third-order valence-electron chi connectivity index (χ3n) is 7.90. The Morgan fingerprint density at radius 2 is 2.05 bits per heavy atom. The maximum Gasteiger partial charge on any atom is 0.231 e. The van der Waals surface area contributed by atoms with Gasteiger partial charge in [0, 0.05) is 11.9 Å². The Hall–Kier alpha value is -3.97. The molecule has 0 bridgehead atoms. The number of nitrogens with two attached hydrogens (primary N) is 1. The molecule has 1 saturated heterocycles. The highest BCUT2D eigenvalue weighted by Gasteiger charge is 2.30. The van der Waals surface area contributed by atoms with Gasteiger partial charge in [-0.15, -0.1) is 0 Å². The topological polar surface area (TPSA) is 108 Å². The average Bonchev–Trinajstić information content (AvgIpc) is 3.48. The zero-order valence-corrected chi connectivity index (χ0v) is 20.8. The molecule has 5 heterocycles. The van der Waals surface area contributed by atoms with E-state index in [0.717, 1.165) is 54.6 Å². The molecule has 0 saturated carbocycles. The van der Waals surface area contributed by atoms with Crippen molar-refractivity contribution >= 4 is 28.0 Å². The molecule has 1 atom stereocenters. The average molecular weight is 501 g/mol. The van der Waals surface area contributed by atoms with E-state index in [0.29, 0.717) is 36.8 Å². The van der Waals surface area contributed by atoms with Crippen LogP contribution in [0, 0.1) is 17.1 Å². The van der Waals surface area contributed by atoms with Crippen molar-refractivity contribution in [2.75, 3.05) is 31.1 Å². The van der Waals surface area contributed by atoms with Crippen LogP contribution in [-0.2, 0) is 11.3 Å². The molecule has 0 aliphatic carbocycles. The maximum absolute atomic E-state index is 14.8. The molecule has 1 aromatic carbocycles. The van der Waals surface area contributed by atoms with E-state index in [9.17, 15) is 14.4 Å². The quantitative estimate of drug-likeness (QED) is 0.450. The van der Waals surface area contributed by atoms with E-state index in [1.54, 1.807) is 6.07 Å². The molecule has 0 unspecified atom stereocenters. The summed E-state index contributed by atoms with van der Waals surface area (Å²) in [5.74, 6) is -0.279. The first-order chi connectivity index (χ1) is 18.0. The monoisotopic (exact) mass is 500 g/mol. The first-order valence-corrected chi connectivity index (χ1v) is 12.8. The second kappa shape index (κ2) is 9.16. The molecule has 4 aromatic rings. The van der Waals surface area contributed by atoms with Crippen LogP contribution in [0.2, 0.25) is 0 Å². The minimum atomic E-state index is -0.435. The number of amides is 1. The Morgan fingerprint density at radius 3 is 2.78 bits per heavy atom. The summed E-state index contributed by atoms with van der Waals surface area (Å²) in [6.45, 7) is 5.47. The lowest BCUT2D eigenvalue weighted by atomic mass is 9.89. The molecule has 3 aromatic heterocycles. The number of halogens is 1. The molecule has 190 valence electrons. The SMILES string of the molecule is CC[C@H]1CN(c2ccc(C#N)n3ncc(F)c23)Cc2c3ccc(C4CCN(CC(N)=O)CC4)cc3nn21. The van der Waals surface area contributed by atoms with Crippen molar-refractivity contribution in [2.45, 2.75) is 44.7 Å². The number of nitriles is 1. The zero-order valence-electron chi connectivity index (χ0n) is 20.8. The first-order valence-electron chi connectivity index (χ1n) is 12.8. The summed E-state index contributed by atoms with van der Waals surface area (Å²) in [5.41, 5.74) is 10.1. The summed E-state index contributed by atoms with van der Waals surface area (Å²) >= 11 is 0. The predicted octanol–water partition coefficient (Wildman–Crippen LogP) is 3.33.